The molecule has 1 aromatic rings. The zero-order chi connectivity index (χ0) is 18.6. The smallest absolute Gasteiger partial charge is 0.270 e. The second-order valence-corrected chi connectivity index (χ2v) is 7.67. The monoisotopic (exact) mass is 411 g/mol. The van der Waals surface area contributed by atoms with Gasteiger partial charge in [-0.25, -0.2) is 0 Å². The van der Waals surface area contributed by atoms with Crippen molar-refractivity contribution in [3.8, 4) is 0 Å². The van der Waals surface area contributed by atoms with E-state index in [0.717, 1.165) is 25.7 Å². The number of hydrogen-bond donors (Lipinski definition) is 1. The molecule has 1 fully saturated rings. The first-order valence-corrected chi connectivity index (χ1v) is 8.96. The molecule has 8 heteroatoms. The number of carbonyl (C=O) groups excluding carboxylic acids is 2. The van der Waals surface area contributed by atoms with Crippen molar-refractivity contribution in [1.29, 1.82) is 0 Å². The molecule has 0 spiro atoms. The third-order valence-corrected chi connectivity index (χ3v) is 5.32. The highest BCUT2D eigenvalue weighted by Crippen LogP contribution is 2.44. The molecule has 0 bridgehead atoms. The average Bonchev–Trinajstić information content (AvgIpc) is 2.96. The lowest BCUT2D eigenvalue weighted by atomic mass is 9.78. The standard InChI is InChI=1S/C17H22BrN3O4/c1-20(2)16(23)11-17(7-3-4-8-17)10-15(22)19-14-6-5-12(21(24)25)9-13(14)18/h5-6,9H,3-4,7-8,10-11H2,1-2H3,(H,19,22). The number of halogens is 1. The van der Waals surface area contributed by atoms with Gasteiger partial charge in [0, 0.05) is 43.5 Å². The minimum absolute atomic E-state index is 0.0335. The second-order valence-electron chi connectivity index (χ2n) is 6.82. The van der Waals surface area contributed by atoms with Gasteiger partial charge < -0.3 is 10.2 Å². The van der Waals surface area contributed by atoms with Gasteiger partial charge in [0.2, 0.25) is 11.8 Å². The Bertz CT molecular complexity index is 684. The molecule has 0 saturated heterocycles. The van der Waals surface area contributed by atoms with Crippen LogP contribution in [-0.2, 0) is 9.59 Å². The van der Waals surface area contributed by atoms with E-state index in [-0.39, 0.29) is 29.3 Å². The predicted molar refractivity (Wildman–Crippen MR) is 98.3 cm³/mol. The summed E-state index contributed by atoms with van der Waals surface area (Å²) in [6.07, 6.45) is 4.41. The molecule has 2 rings (SSSR count). The number of benzene rings is 1. The summed E-state index contributed by atoms with van der Waals surface area (Å²) in [6.45, 7) is 0. The Labute approximate surface area is 155 Å². The Morgan fingerprint density at radius 2 is 1.92 bits per heavy atom. The molecule has 2 amide bonds. The topological polar surface area (TPSA) is 92.6 Å². The summed E-state index contributed by atoms with van der Waals surface area (Å²) in [7, 11) is 3.44. The number of non-ortho nitro benzene ring substituents is 1. The van der Waals surface area contributed by atoms with Crippen molar-refractivity contribution in [3.05, 3.63) is 32.8 Å². The zero-order valence-electron chi connectivity index (χ0n) is 14.4. The average molecular weight is 412 g/mol. The summed E-state index contributed by atoms with van der Waals surface area (Å²) < 4.78 is 0.458. The highest BCUT2D eigenvalue weighted by molar-refractivity contribution is 9.10. The van der Waals surface area contributed by atoms with E-state index in [1.54, 1.807) is 19.0 Å². The van der Waals surface area contributed by atoms with E-state index in [4.69, 9.17) is 0 Å². The lowest BCUT2D eigenvalue weighted by Gasteiger charge is -2.29. The van der Waals surface area contributed by atoms with Crippen molar-refractivity contribution in [1.82, 2.24) is 4.90 Å². The minimum Gasteiger partial charge on any atom is -0.349 e. The maximum absolute atomic E-state index is 12.5. The molecule has 0 radical (unpaired) electrons. The Balaban J connectivity index is 2.07. The molecule has 1 aliphatic carbocycles. The van der Waals surface area contributed by atoms with E-state index in [9.17, 15) is 19.7 Å². The maximum atomic E-state index is 12.5. The predicted octanol–water partition coefficient (Wildman–Crippen LogP) is 3.72. The van der Waals surface area contributed by atoms with Crippen LogP contribution >= 0.6 is 15.9 Å². The number of nitro benzene ring substituents is 1. The Hall–Kier alpha value is -1.96. The summed E-state index contributed by atoms with van der Waals surface area (Å²) in [4.78, 5) is 36.5. The molecule has 0 aromatic heterocycles. The zero-order valence-corrected chi connectivity index (χ0v) is 16.0. The fraction of sp³-hybridized carbons (Fsp3) is 0.529. The molecule has 1 saturated carbocycles. The maximum Gasteiger partial charge on any atom is 0.270 e. The van der Waals surface area contributed by atoms with E-state index in [1.165, 1.54) is 18.2 Å². The lowest BCUT2D eigenvalue weighted by molar-refractivity contribution is -0.384. The number of anilines is 1. The normalized spacial score (nSPS) is 15.6. The van der Waals surface area contributed by atoms with E-state index >= 15 is 0 Å². The quantitative estimate of drug-likeness (QED) is 0.569. The van der Waals surface area contributed by atoms with Gasteiger partial charge in [-0.2, -0.15) is 0 Å². The molecule has 1 N–H and O–H groups in total. The fourth-order valence-electron chi connectivity index (χ4n) is 3.27. The highest BCUT2D eigenvalue weighted by Gasteiger charge is 2.38. The SMILES string of the molecule is CN(C)C(=O)CC1(CC(=O)Nc2ccc([N+](=O)[O-])cc2Br)CCCC1. The van der Waals surface area contributed by atoms with E-state index in [0.29, 0.717) is 16.6 Å². The molecular formula is C17H22BrN3O4. The number of amides is 2. The molecular weight excluding hydrogens is 390 g/mol. The fourth-order valence-corrected chi connectivity index (χ4v) is 3.74. The van der Waals surface area contributed by atoms with Gasteiger partial charge in [-0.1, -0.05) is 12.8 Å². The number of rotatable bonds is 6. The third kappa shape index (κ3) is 5.01. The number of nitro groups is 1. The van der Waals surface area contributed by atoms with E-state index < -0.39 is 4.92 Å². The molecule has 0 atom stereocenters. The molecule has 0 aliphatic heterocycles. The third-order valence-electron chi connectivity index (χ3n) is 4.66. The summed E-state index contributed by atoms with van der Waals surface area (Å²) in [5.41, 5.74) is 0.148. The van der Waals surface area contributed by atoms with Gasteiger partial charge in [-0.3, -0.25) is 19.7 Å². The highest BCUT2D eigenvalue weighted by atomic mass is 79.9. The van der Waals surface area contributed by atoms with Crippen molar-refractivity contribution in [2.24, 2.45) is 5.41 Å². The van der Waals surface area contributed by atoms with Crippen LogP contribution in [0.1, 0.15) is 38.5 Å². The van der Waals surface area contributed by atoms with Gasteiger partial charge in [-0.05, 0) is 40.3 Å². The van der Waals surface area contributed by atoms with Crippen LogP contribution in [0.15, 0.2) is 22.7 Å². The van der Waals surface area contributed by atoms with Crippen molar-refractivity contribution in [3.63, 3.8) is 0 Å². The van der Waals surface area contributed by atoms with Crippen LogP contribution in [0.3, 0.4) is 0 Å². The first kappa shape index (κ1) is 19.4. The number of nitrogens with one attached hydrogen (secondary N) is 1. The first-order valence-electron chi connectivity index (χ1n) is 8.16. The molecule has 1 aromatic carbocycles. The van der Waals surface area contributed by atoms with Crippen molar-refractivity contribution >= 4 is 39.1 Å². The summed E-state index contributed by atoms with van der Waals surface area (Å²) in [6, 6.07) is 4.21. The number of nitrogens with zero attached hydrogens (tertiary/aromatic N) is 2. The molecule has 136 valence electrons. The Kier molecular flexibility index (Phi) is 6.16. The second kappa shape index (κ2) is 7.95. The van der Waals surface area contributed by atoms with Crippen molar-refractivity contribution in [2.75, 3.05) is 19.4 Å². The Morgan fingerprint density at radius 1 is 1.28 bits per heavy atom. The first-order chi connectivity index (χ1) is 11.7. The molecule has 1 aliphatic rings. The van der Waals surface area contributed by atoms with Crippen molar-refractivity contribution in [2.45, 2.75) is 38.5 Å². The van der Waals surface area contributed by atoms with Crippen LogP contribution in [0.4, 0.5) is 11.4 Å². The molecule has 25 heavy (non-hydrogen) atoms. The van der Waals surface area contributed by atoms with Gasteiger partial charge in [0.25, 0.3) is 5.69 Å². The van der Waals surface area contributed by atoms with Gasteiger partial charge in [0.1, 0.15) is 0 Å². The van der Waals surface area contributed by atoms with Crippen LogP contribution in [0, 0.1) is 15.5 Å². The minimum atomic E-state index is -0.489. The number of hydrogen-bond acceptors (Lipinski definition) is 4. The van der Waals surface area contributed by atoms with Gasteiger partial charge >= 0.3 is 0 Å². The van der Waals surface area contributed by atoms with Gasteiger partial charge in [0.15, 0.2) is 0 Å². The van der Waals surface area contributed by atoms with Gasteiger partial charge in [0.05, 0.1) is 10.6 Å². The lowest BCUT2D eigenvalue weighted by Crippen LogP contribution is -2.32. The van der Waals surface area contributed by atoms with E-state index in [2.05, 4.69) is 21.2 Å². The summed E-state index contributed by atoms with van der Waals surface area (Å²) in [5.74, 6) is -0.144. The van der Waals surface area contributed by atoms with Crippen LogP contribution in [0.25, 0.3) is 0 Å². The summed E-state index contributed by atoms with van der Waals surface area (Å²) in [5, 5.41) is 13.6. The largest absolute Gasteiger partial charge is 0.349 e. The van der Waals surface area contributed by atoms with Crippen LogP contribution in [0.5, 0.6) is 0 Å². The molecule has 7 nitrogen and oxygen atoms in total. The Morgan fingerprint density at radius 3 is 2.44 bits per heavy atom. The van der Waals surface area contributed by atoms with Crippen LogP contribution in [0.2, 0.25) is 0 Å². The molecule has 0 unspecified atom stereocenters. The van der Waals surface area contributed by atoms with Crippen molar-refractivity contribution < 1.29 is 14.5 Å². The number of carbonyl (C=O) groups is 2. The van der Waals surface area contributed by atoms with E-state index in [1.807, 2.05) is 0 Å². The van der Waals surface area contributed by atoms with Crippen LogP contribution < -0.4 is 5.32 Å². The molecule has 0 heterocycles. The summed E-state index contributed by atoms with van der Waals surface area (Å²) >= 11 is 3.25. The van der Waals surface area contributed by atoms with Gasteiger partial charge in [-0.15, -0.1) is 0 Å². The van der Waals surface area contributed by atoms with Crippen LogP contribution in [-0.4, -0.2) is 35.7 Å².